The SMILES string of the molecule is CC1(C)C2C=CC(C2)C1C=O. The van der Waals surface area contributed by atoms with Gasteiger partial charge >= 0.3 is 0 Å². The maximum Gasteiger partial charge on any atom is 0.124 e. The first-order valence-electron chi connectivity index (χ1n) is 4.30. The molecule has 2 rings (SSSR count). The van der Waals surface area contributed by atoms with Crippen molar-refractivity contribution in [2.45, 2.75) is 20.3 Å². The highest BCUT2D eigenvalue weighted by Gasteiger charge is 2.49. The van der Waals surface area contributed by atoms with E-state index in [9.17, 15) is 4.79 Å². The number of carbonyl (C=O) groups is 1. The van der Waals surface area contributed by atoms with Gasteiger partial charge in [0.1, 0.15) is 6.29 Å². The molecule has 11 heavy (non-hydrogen) atoms. The van der Waals surface area contributed by atoms with Crippen LogP contribution in [0.25, 0.3) is 0 Å². The summed E-state index contributed by atoms with van der Waals surface area (Å²) in [6, 6.07) is 0. The molecular formula is C10H14O. The Kier molecular flexibility index (Phi) is 1.26. The molecule has 0 saturated heterocycles. The van der Waals surface area contributed by atoms with E-state index in [4.69, 9.17) is 0 Å². The maximum atomic E-state index is 10.8. The van der Waals surface area contributed by atoms with Gasteiger partial charge in [-0.3, -0.25) is 0 Å². The lowest BCUT2D eigenvalue weighted by atomic mass is 9.72. The fourth-order valence-electron chi connectivity index (χ4n) is 2.62. The topological polar surface area (TPSA) is 17.1 Å². The average molecular weight is 150 g/mol. The highest BCUT2D eigenvalue weighted by atomic mass is 16.1. The molecule has 1 fully saturated rings. The van der Waals surface area contributed by atoms with E-state index in [1.807, 2.05) is 0 Å². The zero-order valence-corrected chi connectivity index (χ0v) is 7.08. The molecule has 2 aliphatic carbocycles. The quantitative estimate of drug-likeness (QED) is 0.413. The summed E-state index contributed by atoms with van der Waals surface area (Å²) >= 11 is 0. The summed E-state index contributed by atoms with van der Waals surface area (Å²) in [6.07, 6.45) is 6.85. The number of carbonyl (C=O) groups excluding carboxylic acids is 1. The van der Waals surface area contributed by atoms with Gasteiger partial charge in [-0.15, -0.1) is 0 Å². The first-order valence-corrected chi connectivity index (χ1v) is 4.30. The van der Waals surface area contributed by atoms with Crippen molar-refractivity contribution in [3.05, 3.63) is 12.2 Å². The molecule has 60 valence electrons. The zero-order valence-electron chi connectivity index (χ0n) is 7.08. The molecule has 0 heterocycles. The van der Waals surface area contributed by atoms with Gasteiger partial charge in [0.15, 0.2) is 0 Å². The van der Waals surface area contributed by atoms with E-state index < -0.39 is 0 Å². The Hall–Kier alpha value is -0.590. The monoisotopic (exact) mass is 150 g/mol. The Labute approximate surface area is 67.5 Å². The number of hydrogen-bond donors (Lipinski definition) is 0. The first kappa shape index (κ1) is 7.08. The van der Waals surface area contributed by atoms with Crippen molar-refractivity contribution in [2.24, 2.45) is 23.2 Å². The molecule has 0 aromatic rings. The molecule has 0 aliphatic heterocycles. The summed E-state index contributed by atoms with van der Waals surface area (Å²) in [5.41, 5.74) is 0.223. The minimum Gasteiger partial charge on any atom is -0.303 e. The molecule has 3 atom stereocenters. The van der Waals surface area contributed by atoms with Gasteiger partial charge in [0.25, 0.3) is 0 Å². The summed E-state index contributed by atoms with van der Waals surface area (Å²) in [5.74, 6) is 1.48. The summed E-state index contributed by atoms with van der Waals surface area (Å²) in [6.45, 7) is 4.42. The lowest BCUT2D eigenvalue weighted by molar-refractivity contribution is -0.114. The molecule has 0 amide bonds. The van der Waals surface area contributed by atoms with Crippen LogP contribution in [0.1, 0.15) is 20.3 Å². The minimum absolute atomic E-state index is 0.223. The predicted octanol–water partition coefficient (Wildman–Crippen LogP) is 2.03. The number of rotatable bonds is 1. The highest BCUT2D eigenvalue weighted by Crippen LogP contribution is 2.54. The number of aldehydes is 1. The van der Waals surface area contributed by atoms with Gasteiger partial charge in [0.05, 0.1) is 0 Å². The predicted molar refractivity (Wildman–Crippen MR) is 44.1 cm³/mol. The van der Waals surface area contributed by atoms with E-state index in [1.165, 1.54) is 6.42 Å². The van der Waals surface area contributed by atoms with Crippen molar-refractivity contribution in [1.29, 1.82) is 0 Å². The van der Waals surface area contributed by atoms with Crippen LogP contribution in [-0.4, -0.2) is 6.29 Å². The molecule has 3 unspecified atom stereocenters. The standard InChI is InChI=1S/C10H14O/c1-10(2)8-4-3-7(5-8)9(10)6-11/h3-4,6-9H,5H2,1-2H3. The van der Waals surface area contributed by atoms with Gasteiger partial charge in [0.2, 0.25) is 0 Å². The van der Waals surface area contributed by atoms with Gasteiger partial charge in [-0.25, -0.2) is 0 Å². The van der Waals surface area contributed by atoms with Crippen molar-refractivity contribution < 1.29 is 4.79 Å². The van der Waals surface area contributed by atoms with E-state index >= 15 is 0 Å². The molecule has 1 saturated carbocycles. The van der Waals surface area contributed by atoms with Crippen molar-refractivity contribution in [3.63, 3.8) is 0 Å². The summed E-state index contributed by atoms with van der Waals surface area (Å²) in [7, 11) is 0. The van der Waals surface area contributed by atoms with Crippen LogP contribution in [0.2, 0.25) is 0 Å². The van der Waals surface area contributed by atoms with Crippen LogP contribution in [0.5, 0.6) is 0 Å². The second kappa shape index (κ2) is 1.96. The van der Waals surface area contributed by atoms with Gasteiger partial charge in [-0.1, -0.05) is 26.0 Å². The van der Waals surface area contributed by atoms with Crippen molar-refractivity contribution in [2.75, 3.05) is 0 Å². The van der Waals surface area contributed by atoms with E-state index in [1.54, 1.807) is 0 Å². The van der Waals surface area contributed by atoms with Crippen LogP contribution in [-0.2, 0) is 4.79 Å². The van der Waals surface area contributed by atoms with Crippen molar-refractivity contribution in [1.82, 2.24) is 0 Å². The summed E-state index contributed by atoms with van der Waals surface area (Å²) in [4.78, 5) is 10.8. The van der Waals surface area contributed by atoms with Gasteiger partial charge in [-0.05, 0) is 23.7 Å². The number of allylic oxidation sites excluding steroid dienone is 2. The molecule has 0 N–H and O–H groups in total. The molecule has 2 bridgehead atoms. The molecule has 0 aromatic carbocycles. The Morgan fingerprint density at radius 3 is 2.55 bits per heavy atom. The Morgan fingerprint density at radius 1 is 1.45 bits per heavy atom. The van der Waals surface area contributed by atoms with Crippen LogP contribution >= 0.6 is 0 Å². The minimum atomic E-state index is 0.223. The average Bonchev–Trinajstić information content (AvgIpc) is 2.44. The number of fused-ring (bicyclic) bond motifs is 2. The van der Waals surface area contributed by atoms with E-state index in [0.717, 1.165) is 6.29 Å². The van der Waals surface area contributed by atoms with Crippen LogP contribution in [0.15, 0.2) is 12.2 Å². The third-order valence-corrected chi connectivity index (χ3v) is 3.54. The lowest BCUT2D eigenvalue weighted by Crippen LogP contribution is -2.29. The van der Waals surface area contributed by atoms with E-state index in [2.05, 4.69) is 26.0 Å². The molecule has 1 heteroatoms. The van der Waals surface area contributed by atoms with Crippen LogP contribution < -0.4 is 0 Å². The smallest absolute Gasteiger partial charge is 0.124 e. The largest absolute Gasteiger partial charge is 0.303 e. The second-order valence-corrected chi connectivity index (χ2v) is 4.37. The zero-order chi connectivity index (χ0) is 8.06. The third kappa shape index (κ3) is 0.741. The number of hydrogen-bond acceptors (Lipinski definition) is 1. The third-order valence-electron chi connectivity index (χ3n) is 3.54. The van der Waals surface area contributed by atoms with Crippen LogP contribution in [0, 0.1) is 23.2 Å². The fraction of sp³-hybridized carbons (Fsp3) is 0.700. The van der Waals surface area contributed by atoms with Crippen LogP contribution in [0.3, 0.4) is 0 Å². The molecule has 0 spiro atoms. The first-order chi connectivity index (χ1) is 5.16. The summed E-state index contributed by atoms with van der Waals surface area (Å²) < 4.78 is 0. The van der Waals surface area contributed by atoms with Gasteiger partial charge in [-0.2, -0.15) is 0 Å². The van der Waals surface area contributed by atoms with Crippen molar-refractivity contribution >= 4 is 6.29 Å². The molecule has 1 nitrogen and oxygen atoms in total. The van der Waals surface area contributed by atoms with Crippen LogP contribution in [0.4, 0.5) is 0 Å². The Balaban J connectivity index is 2.36. The molecule has 0 radical (unpaired) electrons. The Bertz CT molecular complexity index is 215. The molecular weight excluding hydrogens is 136 g/mol. The molecule has 0 aromatic heterocycles. The lowest BCUT2D eigenvalue weighted by Gasteiger charge is -2.31. The highest BCUT2D eigenvalue weighted by molar-refractivity contribution is 5.58. The molecule has 2 aliphatic rings. The summed E-state index contributed by atoms with van der Waals surface area (Å²) in [5, 5.41) is 0. The fourth-order valence-corrected chi connectivity index (χ4v) is 2.62. The van der Waals surface area contributed by atoms with Crippen molar-refractivity contribution in [3.8, 4) is 0 Å². The normalized spacial score (nSPS) is 44.7. The van der Waals surface area contributed by atoms with Gasteiger partial charge < -0.3 is 4.79 Å². The van der Waals surface area contributed by atoms with E-state index in [0.29, 0.717) is 11.8 Å². The maximum absolute atomic E-state index is 10.8. The Morgan fingerprint density at radius 2 is 2.18 bits per heavy atom. The van der Waals surface area contributed by atoms with Gasteiger partial charge in [0, 0.05) is 5.92 Å². The second-order valence-electron chi connectivity index (χ2n) is 4.37. The van der Waals surface area contributed by atoms with E-state index in [-0.39, 0.29) is 11.3 Å².